The maximum atomic E-state index is 12.0. The summed E-state index contributed by atoms with van der Waals surface area (Å²) in [4.78, 5) is 12.0. The van der Waals surface area contributed by atoms with Crippen LogP contribution in [0.2, 0.25) is 0 Å². The lowest BCUT2D eigenvalue weighted by Crippen LogP contribution is -2.41. The van der Waals surface area contributed by atoms with Crippen LogP contribution in [0.4, 0.5) is 0 Å². The normalized spacial score (nSPS) is 19.5. The maximum absolute atomic E-state index is 12.0. The minimum absolute atomic E-state index is 0.0962. The molecule has 4 heteroatoms. The standard InChI is InChI=1S/C15H22N2O2/c1-19-14-7-5-12(6-8-14)10-15(18)17-13-4-2-3-9-16-11-13/h5-8,13,16H,2-4,9-11H2,1H3,(H,17,18). The lowest BCUT2D eigenvalue weighted by atomic mass is 10.1. The van der Waals surface area contributed by atoms with Crippen LogP contribution in [0.3, 0.4) is 0 Å². The van der Waals surface area contributed by atoms with Gasteiger partial charge in [0.05, 0.1) is 13.5 Å². The second-order valence-corrected chi connectivity index (χ2v) is 4.99. The van der Waals surface area contributed by atoms with Crippen LogP contribution in [0.15, 0.2) is 24.3 Å². The number of rotatable bonds is 4. The highest BCUT2D eigenvalue weighted by molar-refractivity contribution is 5.78. The van der Waals surface area contributed by atoms with E-state index in [1.807, 2.05) is 24.3 Å². The van der Waals surface area contributed by atoms with Crippen LogP contribution in [0.25, 0.3) is 0 Å². The van der Waals surface area contributed by atoms with Crippen LogP contribution in [0, 0.1) is 0 Å². The fraction of sp³-hybridized carbons (Fsp3) is 0.533. The summed E-state index contributed by atoms with van der Waals surface area (Å²) < 4.78 is 5.10. The summed E-state index contributed by atoms with van der Waals surface area (Å²) in [6, 6.07) is 7.91. The summed E-state index contributed by atoms with van der Waals surface area (Å²) in [7, 11) is 1.64. The summed E-state index contributed by atoms with van der Waals surface area (Å²) in [5, 5.41) is 6.45. The van der Waals surface area contributed by atoms with Gasteiger partial charge in [0.2, 0.25) is 5.91 Å². The van der Waals surface area contributed by atoms with Crippen LogP contribution >= 0.6 is 0 Å². The molecule has 1 saturated heterocycles. The third-order valence-corrected chi connectivity index (χ3v) is 3.44. The highest BCUT2D eigenvalue weighted by Gasteiger charge is 2.14. The molecule has 104 valence electrons. The van der Waals surface area contributed by atoms with Crippen LogP contribution in [-0.2, 0) is 11.2 Å². The van der Waals surface area contributed by atoms with E-state index in [2.05, 4.69) is 10.6 Å². The van der Waals surface area contributed by atoms with Crippen molar-refractivity contribution >= 4 is 5.91 Å². The van der Waals surface area contributed by atoms with E-state index in [4.69, 9.17) is 4.74 Å². The van der Waals surface area contributed by atoms with Gasteiger partial charge in [-0.25, -0.2) is 0 Å². The molecule has 19 heavy (non-hydrogen) atoms. The Morgan fingerprint density at radius 2 is 2.16 bits per heavy atom. The highest BCUT2D eigenvalue weighted by atomic mass is 16.5. The van der Waals surface area contributed by atoms with Gasteiger partial charge in [-0.3, -0.25) is 4.79 Å². The van der Waals surface area contributed by atoms with Gasteiger partial charge in [0, 0.05) is 12.6 Å². The largest absolute Gasteiger partial charge is 0.497 e. The van der Waals surface area contributed by atoms with Crippen LogP contribution in [-0.4, -0.2) is 32.1 Å². The Kier molecular flexibility index (Phi) is 5.21. The topological polar surface area (TPSA) is 50.4 Å². The average molecular weight is 262 g/mol. The molecule has 0 saturated carbocycles. The number of hydrogen-bond acceptors (Lipinski definition) is 3. The fourth-order valence-electron chi connectivity index (χ4n) is 2.35. The molecule has 0 radical (unpaired) electrons. The van der Waals surface area contributed by atoms with Crippen molar-refractivity contribution in [1.82, 2.24) is 10.6 Å². The predicted molar refractivity (Wildman–Crippen MR) is 75.3 cm³/mol. The van der Waals surface area contributed by atoms with E-state index in [0.717, 1.165) is 30.8 Å². The monoisotopic (exact) mass is 262 g/mol. The molecule has 1 fully saturated rings. The lowest BCUT2D eigenvalue weighted by molar-refractivity contribution is -0.121. The van der Waals surface area contributed by atoms with Gasteiger partial charge in [-0.05, 0) is 37.1 Å². The summed E-state index contributed by atoms with van der Waals surface area (Å²) in [5.74, 6) is 0.913. The number of hydrogen-bond donors (Lipinski definition) is 2. The van der Waals surface area contributed by atoms with E-state index in [9.17, 15) is 4.79 Å². The maximum Gasteiger partial charge on any atom is 0.224 e. The first-order chi connectivity index (χ1) is 9.28. The minimum atomic E-state index is 0.0962. The number of carbonyl (C=O) groups excluding carboxylic acids is 1. The molecule has 0 bridgehead atoms. The number of benzene rings is 1. The van der Waals surface area contributed by atoms with E-state index >= 15 is 0 Å². The summed E-state index contributed by atoms with van der Waals surface area (Å²) >= 11 is 0. The Morgan fingerprint density at radius 1 is 1.37 bits per heavy atom. The van der Waals surface area contributed by atoms with Crippen molar-refractivity contribution in [2.24, 2.45) is 0 Å². The molecule has 2 rings (SSSR count). The molecule has 1 aliphatic rings. The SMILES string of the molecule is COc1ccc(CC(=O)NC2CCCCNC2)cc1. The molecule has 1 unspecified atom stereocenters. The van der Waals surface area contributed by atoms with Gasteiger partial charge in [-0.2, -0.15) is 0 Å². The van der Waals surface area contributed by atoms with Gasteiger partial charge < -0.3 is 15.4 Å². The molecule has 1 amide bonds. The molecule has 1 aromatic carbocycles. The minimum Gasteiger partial charge on any atom is -0.497 e. The van der Waals surface area contributed by atoms with E-state index in [0.29, 0.717) is 6.42 Å². The molecule has 1 aliphatic heterocycles. The van der Waals surface area contributed by atoms with Crippen molar-refractivity contribution in [2.45, 2.75) is 31.7 Å². The number of ether oxygens (including phenoxy) is 1. The van der Waals surface area contributed by atoms with Crippen molar-refractivity contribution < 1.29 is 9.53 Å². The van der Waals surface area contributed by atoms with Gasteiger partial charge >= 0.3 is 0 Å². The summed E-state index contributed by atoms with van der Waals surface area (Å²) in [6.07, 6.45) is 3.88. The third-order valence-electron chi connectivity index (χ3n) is 3.44. The molecule has 2 N–H and O–H groups in total. The lowest BCUT2D eigenvalue weighted by Gasteiger charge is -2.16. The van der Waals surface area contributed by atoms with E-state index in [1.54, 1.807) is 7.11 Å². The van der Waals surface area contributed by atoms with Crippen LogP contribution in [0.5, 0.6) is 5.75 Å². The smallest absolute Gasteiger partial charge is 0.224 e. The van der Waals surface area contributed by atoms with E-state index in [-0.39, 0.29) is 11.9 Å². The fourth-order valence-corrected chi connectivity index (χ4v) is 2.35. The number of nitrogens with one attached hydrogen (secondary N) is 2. The van der Waals surface area contributed by atoms with Gasteiger partial charge in [-0.1, -0.05) is 18.6 Å². The van der Waals surface area contributed by atoms with Crippen molar-refractivity contribution in [3.05, 3.63) is 29.8 Å². The molecule has 0 aliphatic carbocycles. The molecule has 1 heterocycles. The molecule has 4 nitrogen and oxygen atoms in total. The molecule has 1 aromatic rings. The quantitative estimate of drug-likeness (QED) is 0.864. The Morgan fingerprint density at radius 3 is 2.89 bits per heavy atom. The molecular weight excluding hydrogens is 240 g/mol. The Balaban J connectivity index is 1.82. The third kappa shape index (κ3) is 4.56. The van der Waals surface area contributed by atoms with Gasteiger partial charge in [0.1, 0.15) is 5.75 Å². The summed E-state index contributed by atoms with van der Waals surface area (Å²) in [6.45, 7) is 1.94. The molecular formula is C15H22N2O2. The van der Waals surface area contributed by atoms with Crippen LogP contribution in [0.1, 0.15) is 24.8 Å². The molecule has 0 spiro atoms. The molecule has 1 atom stereocenters. The first-order valence-corrected chi connectivity index (χ1v) is 6.91. The predicted octanol–water partition coefficient (Wildman–Crippen LogP) is 1.50. The Labute approximate surface area is 114 Å². The number of methoxy groups -OCH3 is 1. The number of amides is 1. The van der Waals surface area contributed by atoms with E-state index in [1.165, 1.54) is 12.8 Å². The Bertz CT molecular complexity index is 395. The van der Waals surface area contributed by atoms with Crippen molar-refractivity contribution in [3.63, 3.8) is 0 Å². The Hall–Kier alpha value is -1.55. The van der Waals surface area contributed by atoms with Crippen molar-refractivity contribution in [3.8, 4) is 5.75 Å². The van der Waals surface area contributed by atoms with Gasteiger partial charge in [-0.15, -0.1) is 0 Å². The van der Waals surface area contributed by atoms with Crippen LogP contribution < -0.4 is 15.4 Å². The van der Waals surface area contributed by atoms with Gasteiger partial charge in [0.15, 0.2) is 0 Å². The first-order valence-electron chi connectivity index (χ1n) is 6.91. The highest BCUT2D eigenvalue weighted by Crippen LogP contribution is 2.12. The zero-order valence-corrected chi connectivity index (χ0v) is 11.4. The van der Waals surface area contributed by atoms with Crippen molar-refractivity contribution in [2.75, 3.05) is 20.2 Å². The average Bonchev–Trinajstić information content (AvgIpc) is 2.68. The number of carbonyl (C=O) groups is 1. The molecule has 0 aromatic heterocycles. The van der Waals surface area contributed by atoms with E-state index < -0.39 is 0 Å². The zero-order chi connectivity index (χ0) is 13.5. The second-order valence-electron chi connectivity index (χ2n) is 4.99. The van der Waals surface area contributed by atoms with Crippen molar-refractivity contribution in [1.29, 1.82) is 0 Å². The van der Waals surface area contributed by atoms with Gasteiger partial charge in [0.25, 0.3) is 0 Å². The second kappa shape index (κ2) is 7.14. The zero-order valence-electron chi connectivity index (χ0n) is 11.4. The first kappa shape index (κ1) is 13.9. The summed E-state index contributed by atoms with van der Waals surface area (Å²) in [5.41, 5.74) is 1.01.